The van der Waals surface area contributed by atoms with Crippen molar-refractivity contribution in [2.24, 2.45) is 0 Å². The number of nitrogens with zero attached hydrogens (tertiary/aromatic N) is 3. The number of thiazole rings is 1. The molecule has 2 aromatic heterocycles. The first kappa shape index (κ1) is 12.1. The van der Waals surface area contributed by atoms with Crippen molar-refractivity contribution < 1.29 is 0 Å². The van der Waals surface area contributed by atoms with Gasteiger partial charge in [-0.1, -0.05) is 0 Å². The van der Waals surface area contributed by atoms with Gasteiger partial charge < -0.3 is 5.32 Å². The summed E-state index contributed by atoms with van der Waals surface area (Å²) < 4.78 is 0. The van der Waals surface area contributed by atoms with Crippen LogP contribution in [0, 0.1) is 13.8 Å². The van der Waals surface area contributed by atoms with E-state index in [0.717, 1.165) is 22.9 Å². The third kappa shape index (κ3) is 3.08. The largest absolute Gasteiger partial charge is 0.304 e. The standard InChI is InChI=1S/C12H16N4S/c1-8(12-9(2)15-10(3)17-12)13-7-11-5-4-6-14-16-11/h4-6,8,13H,7H2,1-3H3. The summed E-state index contributed by atoms with van der Waals surface area (Å²) in [5, 5.41) is 12.5. The molecular formula is C12H16N4S. The van der Waals surface area contributed by atoms with E-state index in [1.165, 1.54) is 4.88 Å². The van der Waals surface area contributed by atoms with Crippen LogP contribution in [0.5, 0.6) is 0 Å². The molecule has 0 aromatic carbocycles. The highest BCUT2D eigenvalue weighted by molar-refractivity contribution is 7.11. The van der Waals surface area contributed by atoms with Crippen molar-refractivity contribution >= 4 is 11.3 Å². The molecule has 2 rings (SSSR count). The zero-order valence-electron chi connectivity index (χ0n) is 10.3. The molecule has 0 saturated carbocycles. The molecule has 0 fully saturated rings. The molecule has 2 heterocycles. The lowest BCUT2D eigenvalue weighted by molar-refractivity contribution is 0.568. The predicted octanol–water partition coefficient (Wildman–Crippen LogP) is 2.40. The third-order valence-corrected chi connectivity index (χ3v) is 3.81. The second kappa shape index (κ2) is 5.33. The van der Waals surface area contributed by atoms with E-state index in [4.69, 9.17) is 0 Å². The van der Waals surface area contributed by atoms with Gasteiger partial charge in [0.25, 0.3) is 0 Å². The normalized spacial score (nSPS) is 12.6. The van der Waals surface area contributed by atoms with E-state index < -0.39 is 0 Å². The maximum absolute atomic E-state index is 4.44. The van der Waals surface area contributed by atoms with Crippen molar-refractivity contribution in [2.75, 3.05) is 0 Å². The smallest absolute Gasteiger partial charge is 0.0900 e. The first-order valence-corrected chi connectivity index (χ1v) is 6.42. The van der Waals surface area contributed by atoms with Crippen molar-refractivity contribution in [1.29, 1.82) is 0 Å². The van der Waals surface area contributed by atoms with Crippen LogP contribution in [0.4, 0.5) is 0 Å². The zero-order chi connectivity index (χ0) is 12.3. The van der Waals surface area contributed by atoms with Gasteiger partial charge in [-0.2, -0.15) is 10.2 Å². The summed E-state index contributed by atoms with van der Waals surface area (Å²) in [5.74, 6) is 0. The molecule has 0 amide bonds. The first-order valence-electron chi connectivity index (χ1n) is 5.60. The lowest BCUT2D eigenvalue weighted by Crippen LogP contribution is -2.18. The number of aromatic nitrogens is 3. The number of nitrogens with one attached hydrogen (secondary N) is 1. The third-order valence-electron chi connectivity index (χ3n) is 2.55. The van der Waals surface area contributed by atoms with E-state index >= 15 is 0 Å². The number of hydrogen-bond acceptors (Lipinski definition) is 5. The lowest BCUT2D eigenvalue weighted by Gasteiger charge is -2.11. The predicted molar refractivity (Wildman–Crippen MR) is 68.9 cm³/mol. The Hall–Kier alpha value is -1.33. The summed E-state index contributed by atoms with van der Waals surface area (Å²) in [4.78, 5) is 5.74. The van der Waals surface area contributed by atoms with Crippen molar-refractivity contribution in [2.45, 2.75) is 33.4 Å². The second-order valence-corrected chi connectivity index (χ2v) is 5.23. The Morgan fingerprint density at radius 2 is 2.24 bits per heavy atom. The number of aryl methyl sites for hydroxylation is 2. The van der Waals surface area contributed by atoms with Crippen LogP contribution in [-0.4, -0.2) is 15.2 Å². The molecule has 0 saturated heterocycles. The van der Waals surface area contributed by atoms with Gasteiger partial charge in [0.1, 0.15) is 0 Å². The van der Waals surface area contributed by atoms with Crippen LogP contribution < -0.4 is 5.32 Å². The first-order chi connectivity index (χ1) is 8.16. The Kier molecular flexibility index (Phi) is 3.81. The lowest BCUT2D eigenvalue weighted by atomic mass is 10.2. The minimum atomic E-state index is 0.295. The van der Waals surface area contributed by atoms with E-state index in [9.17, 15) is 0 Å². The fraction of sp³-hybridized carbons (Fsp3) is 0.417. The second-order valence-electron chi connectivity index (χ2n) is 4.00. The fourth-order valence-electron chi connectivity index (χ4n) is 1.73. The average molecular weight is 248 g/mol. The molecule has 1 atom stereocenters. The highest BCUT2D eigenvalue weighted by atomic mass is 32.1. The minimum Gasteiger partial charge on any atom is -0.304 e. The van der Waals surface area contributed by atoms with Crippen LogP contribution >= 0.6 is 11.3 Å². The van der Waals surface area contributed by atoms with Gasteiger partial charge in [-0.15, -0.1) is 11.3 Å². The van der Waals surface area contributed by atoms with Crippen LogP contribution in [0.15, 0.2) is 18.3 Å². The topological polar surface area (TPSA) is 50.7 Å². The molecule has 0 spiro atoms. The van der Waals surface area contributed by atoms with Gasteiger partial charge in [-0.05, 0) is 32.9 Å². The van der Waals surface area contributed by atoms with Crippen LogP contribution in [0.25, 0.3) is 0 Å². The van der Waals surface area contributed by atoms with E-state index in [2.05, 4.69) is 34.3 Å². The summed E-state index contributed by atoms with van der Waals surface area (Å²) in [6.45, 7) is 6.97. The Morgan fingerprint density at radius 3 is 2.82 bits per heavy atom. The van der Waals surface area contributed by atoms with Crippen LogP contribution in [0.2, 0.25) is 0 Å². The fourth-order valence-corrected chi connectivity index (χ4v) is 2.68. The number of rotatable bonds is 4. The number of hydrogen-bond donors (Lipinski definition) is 1. The summed E-state index contributed by atoms with van der Waals surface area (Å²) in [7, 11) is 0. The van der Waals surface area contributed by atoms with Gasteiger partial charge in [-0.25, -0.2) is 4.98 Å². The highest BCUT2D eigenvalue weighted by Crippen LogP contribution is 2.24. The average Bonchev–Trinajstić information content (AvgIpc) is 2.67. The van der Waals surface area contributed by atoms with Gasteiger partial charge >= 0.3 is 0 Å². The van der Waals surface area contributed by atoms with Gasteiger partial charge in [0.2, 0.25) is 0 Å². The molecule has 4 nitrogen and oxygen atoms in total. The van der Waals surface area contributed by atoms with E-state index in [-0.39, 0.29) is 0 Å². The molecule has 17 heavy (non-hydrogen) atoms. The molecule has 0 bridgehead atoms. The molecule has 90 valence electrons. The van der Waals surface area contributed by atoms with Gasteiger partial charge in [0.05, 0.1) is 16.4 Å². The van der Waals surface area contributed by atoms with Crippen molar-refractivity contribution in [3.05, 3.63) is 39.6 Å². The molecule has 0 aliphatic heterocycles. The minimum absolute atomic E-state index is 0.295. The van der Waals surface area contributed by atoms with Crippen molar-refractivity contribution in [3.63, 3.8) is 0 Å². The molecule has 0 radical (unpaired) electrons. The molecule has 2 aromatic rings. The SMILES string of the molecule is Cc1nc(C)c(C(C)NCc2cccnn2)s1. The Bertz CT molecular complexity index is 481. The van der Waals surface area contributed by atoms with Crippen molar-refractivity contribution in [1.82, 2.24) is 20.5 Å². The highest BCUT2D eigenvalue weighted by Gasteiger charge is 2.12. The maximum Gasteiger partial charge on any atom is 0.0900 e. The summed E-state index contributed by atoms with van der Waals surface area (Å²) in [6.07, 6.45) is 1.68. The van der Waals surface area contributed by atoms with Crippen LogP contribution in [0.3, 0.4) is 0 Å². The van der Waals surface area contributed by atoms with E-state index in [1.54, 1.807) is 17.5 Å². The summed E-state index contributed by atoms with van der Waals surface area (Å²) in [6, 6.07) is 4.16. The van der Waals surface area contributed by atoms with Gasteiger partial charge in [-0.3, -0.25) is 0 Å². The molecule has 0 aliphatic carbocycles. The van der Waals surface area contributed by atoms with Crippen LogP contribution in [0.1, 0.15) is 34.2 Å². The maximum atomic E-state index is 4.44. The van der Waals surface area contributed by atoms with Crippen LogP contribution in [-0.2, 0) is 6.54 Å². The molecule has 5 heteroatoms. The van der Waals surface area contributed by atoms with Gasteiger partial charge in [0.15, 0.2) is 0 Å². The molecule has 1 N–H and O–H groups in total. The monoisotopic (exact) mass is 248 g/mol. The van der Waals surface area contributed by atoms with E-state index in [1.807, 2.05) is 19.1 Å². The molecule has 1 unspecified atom stereocenters. The summed E-state index contributed by atoms with van der Waals surface area (Å²) >= 11 is 1.75. The Labute approximate surface area is 105 Å². The van der Waals surface area contributed by atoms with Crippen molar-refractivity contribution in [3.8, 4) is 0 Å². The summed E-state index contributed by atoms with van der Waals surface area (Å²) in [5.41, 5.74) is 2.07. The van der Waals surface area contributed by atoms with Gasteiger partial charge in [0, 0.05) is 23.7 Å². The molecule has 0 aliphatic rings. The quantitative estimate of drug-likeness (QED) is 0.902. The van der Waals surface area contributed by atoms with E-state index in [0.29, 0.717) is 6.04 Å². The molecular weight excluding hydrogens is 232 g/mol. The Balaban J connectivity index is 1.98. The Morgan fingerprint density at radius 1 is 1.41 bits per heavy atom. The zero-order valence-corrected chi connectivity index (χ0v) is 11.1.